The molecule has 1 aliphatic carbocycles. The molecule has 2 aromatic rings. The molecule has 4 rings (SSSR count). The second kappa shape index (κ2) is 8.22. The summed E-state index contributed by atoms with van der Waals surface area (Å²) in [5.41, 5.74) is 6.91. The fourth-order valence-corrected chi connectivity index (χ4v) is 4.77. The first kappa shape index (κ1) is 17.5. The first-order valence-corrected chi connectivity index (χ1v) is 10.4. The molecule has 2 aromatic carbocycles. The zero-order valence-electron chi connectivity index (χ0n) is 15.8. The average molecular weight is 346 g/mol. The highest BCUT2D eigenvalue weighted by Gasteiger charge is 2.40. The van der Waals surface area contributed by atoms with Crippen molar-refractivity contribution in [3.8, 4) is 0 Å². The van der Waals surface area contributed by atoms with Crippen LogP contribution in [0.4, 0.5) is 0 Å². The molecule has 0 unspecified atom stereocenters. The van der Waals surface area contributed by atoms with E-state index in [2.05, 4.69) is 66.0 Å². The van der Waals surface area contributed by atoms with Crippen LogP contribution in [0.1, 0.15) is 56.1 Å². The van der Waals surface area contributed by atoms with E-state index >= 15 is 0 Å². The first-order chi connectivity index (χ1) is 12.9. The molecule has 1 heteroatoms. The minimum absolute atomic E-state index is 0.297. The van der Waals surface area contributed by atoms with Crippen LogP contribution in [0.5, 0.6) is 0 Å². The van der Waals surface area contributed by atoms with Gasteiger partial charge in [-0.1, -0.05) is 71.8 Å². The van der Waals surface area contributed by atoms with Crippen LogP contribution in [0, 0.1) is 0 Å². The highest BCUT2D eigenvalue weighted by molar-refractivity contribution is 5.43. The van der Waals surface area contributed by atoms with Gasteiger partial charge in [-0.3, -0.25) is 0 Å². The summed E-state index contributed by atoms with van der Waals surface area (Å²) in [5, 5.41) is 3.59. The summed E-state index contributed by atoms with van der Waals surface area (Å²) in [7, 11) is 0. The molecular formula is C25H31N. The Morgan fingerprint density at radius 2 is 1.46 bits per heavy atom. The number of rotatable bonds is 7. The van der Waals surface area contributed by atoms with E-state index in [1.807, 2.05) is 0 Å². The molecule has 1 heterocycles. The third-order valence-electron chi connectivity index (χ3n) is 6.27. The lowest BCUT2D eigenvalue weighted by atomic mass is 9.66. The van der Waals surface area contributed by atoms with Crippen LogP contribution >= 0.6 is 0 Å². The Labute approximate surface area is 158 Å². The number of unbranched alkanes of at least 4 members (excludes halogenated alkanes) is 1. The summed E-state index contributed by atoms with van der Waals surface area (Å²) in [6.07, 6.45) is 10.3. The zero-order valence-corrected chi connectivity index (χ0v) is 15.8. The lowest BCUT2D eigenvalue weighted by Crippen LogP contribution is -2.41. The van der Waals surface area contributed by atoms with E-state index in [4.69, 9.17) is 0 Å². The fourth-order valence-electron chi connectivity index (χ4n) is 4.77. The van der Waals surface area contributed by atoms with Crippen molar-refractivity contribution in [3.63, 3.8) is 0 Å². The highest BCUT2D eigenvalue weighted by Crippen LogP contribution is 2.48. The van der Waals surface area contributed by atoms with Gasteiger partial charge < -0.3 is 5.32 Å². The van der Waals surface area contributed by atoms with Gasteiger partial charge in [-0.2, -0.15) is 0 Å². The topological polar surface area (TPSA) is 12.0 Å². The predicted octanol–water partition coefficient (Wildman–Crippen LogP) is 5.81. The molecule has 1 nitrogen and oxygen atoms in total. The van der Waals surface area contributed by atoms with E-state index in [0.717, 1.165) is 13.1 Å². The molecule has 1 N–H and O–H groups in total. The number of allylic oxidation sites excluding steroid dienone is 2. The molecule has 0 atom stereocenters. The molecule has 0 spiro atoms. The number of hydrogen-bond donors (Lipinski definition) is 1. The summed E-state index contributed by atoms with van der Waals surface area (Å²) >= 11 is 0. The number of nitrogens with one attached hydrogen (secondary N) is 1. The third-order valence-corrected chi connectivity index (χ3v) is 6.27. The fraction of sp³-hybridized carbons (Fsp3) is 0.440. The van der Waals surface area contributed by atoms with Gasteiger partial charge in [0.05, 0.1) is 0 Å². The van der Waals surface area contributed by atoms with Gasteiger partial charge in [0.15, 0.2) is 0 Å². The van der Waals surface area contributed by atoms with E-state index in [1.165, 1.54) is 56.9 Å². The van der Waals surface area contributed by atoms with Crippen LogP contribution in [0.15, 0.2) is 71.8 Å². The highest BCUT2D eigenvalue weighted by atomic mass is 14.9. The monoisotopic (exact) mass is 345 g/mol. The maximum absolute atomic E-state index is 3.59. The second-order valence-electron chi connectivity index (χ2n) is 7.97. The Bertz CT molecular complexity index is 717. The summed E-state index contributed by atoms with van der Waals surface area (Å²) < 4.78 is 0. The summed E-state index contributed by atoms with van der Waals surface area (Å²) in [6, 6.07) is 22.3. The zero-order chi connectivity index (χ0) is 17.7. The van der Waals surface area contributed by atoms with E-state index in [1.54, 1.807) is 16.7 Å². The number of benzene rings is 2. The van der Waals surface area contributed by atoms with Gasteiger partial charge in [0.2, 0.25) is 0 Å². The van der Waals surface area contributed by atoms with Crippen LogP contribution in [-0.4, -0.2) is 13.1 Å². The Morgan fingerprint density at radius 3 is 2.12 bits per heavy atom. The van der Waals surface area contributed by atoms with Crippen LogP contribution < -0.4 is 5.32 Å². The summed E-state index contributed by atoms with van der Waals surface area (Å²) in [6.45, 7) is 2.30. The van der Waals surface area contributed by atoms with Crippen LogP contribution in [-0.2, 0) is 11.8 Å². The van der Waals surface area contributed by atoms with Gasteiger partial charge in [-0.15, -0.1) is 0 Å². The molecular weight excluding hydrogens is 314 g/mol. The summed E-state index contributed by atoms with van der Waals surface area (Å²) in [4.78, 5) is 0. The third kappa shape index (κ3) is 3.94. The van der Waals surface area contributed by atoms with Crippen molar-refractivity contribution in [3.05, 3.63) is 82.9 Å². The van der Waals surface area contributed by atoms with E-state index in [9.17, 15) is 0 Å². The normalized spacial score (nSPS) is 18.5. The van der Waals surface area contributed by atoms with Gasteiger partial charge in [0.1, 0.15) is 0 Å². The quantitative estimate of drug-likeness (QED) is 0.493. The van der Waals surface area contributed by atoms with Crippen molar-refractivity contribution in [1.82, 2.24) is 5.32 Å². The molecule has 136 valence electrons. The van der Waals surface area contributed by atoms with E-state index in [-0.39, 0.29) is 0 Å². The van der Waals surface area contributed by atoms with Crippen molar-refractivity contribution >= 4 is 0 Å². The largest absolute Gasteiger partial charge is 0.317 e. The van der Waals surface area contributed by atoms with Crippen molar-refractivity contribution < 1.29 is 0 Å². The van der Waals surface area contributed by atoms with Crippen LogP contribution in [0.2, 0.25) is 0 Å². The van der Waals surface area contributed by atoms with E-state index in [0.29, 0.717) is 5.41 Å². The maximum Gasteiger partial charge on any atom is 0.0188 e. The number of aryl methyl sites for hydroxylation is 1. The lowest BCUT2D eigenvalue weighted by molar-refractivity contribution is 0.344. The Hall–Kier alpha value is -1.86. The molecule has 1 saturated carbocycles. The molecule has 2 aliphatic rings. The van der Waals surface area contributed by atoms with Crippen molar-refractivity contribution in [1.29, 1.82) is 0 Å². The molecule has 0 amide bonds. The number of hydrogen-bond acceptors (Lipinski definition) is 1. The molecule has 1 saturated heterocycles. The van der Waals surface area contributed by atoms with Gasteiger partial charge >= 0.3 is 0 Å². The minimum atomic E-state index is 0.297. The van der Waals surface area contributed by atoms with Gasteiger partial charge in [-0.25, -0.2) is 0 Å². The maximum atomic E-state index is 3.59. The van der Waals surface area contributed by atoms with Gasteiger partial charge in [-0.05, 0) is 75.6 Å². The molecule has 2 fully saturated rings. The molecule has 0 bridgehead atoms. The Kier molecular flexibility index (Phi) is 5.55. The minimum Gasteiger partial charge on any atom is -0.317 e. The van der Waals surface area contributed by atoms with Crippen LogP contribution in [0.3, 0.4) is 0 Å². The van der Waals surface area contributed by atoms with Gasteiger partial charge in [0.25, 0.3) is 0 Å². The molecule has 1 aliphatic heterocycles. The summed E-state index contributed by atoms with van der Waals surface area (Å²) in [5.74, 6) is 0. The molecule has 0 radical (unpaired) electrons. The van der Waals surface area contributed by atoms with Crippen LogP contribution in [0.25, 0.3) is 0 Å². The smallest absolute Gasteiger partial charge is 0.0188 e. The van der Waals surface area contributed by atoms with Crippen molar-refractivity contribution in [2.24, 2.45) is 0 Å². The number of piperidine rings is 1. The lowest BCUT2D eigenvalue weighted by Gasteiger charge is -2.41. The van der Waals surface area contributed by atoms with E-state index < -0.39 is 0 Å². The van der Waals surface area contributed by atoms with Gasteiger partial charge in [0, 0.05) is 5.41 Å². The Balaban J connectivity index is 1.49. The Morgan fingerprint density at radius 1 is 0.808 bits per heavy atom. The predicted molar refractivity (Wildman–Crippen MR) is 110 cm³/mol. The molecule has 0 aromatic heterocycles. The van der Waals surface area contributed by atoms with Crippen molar-refractivity contribution in [2.45, 2.75) is 56.8 Å². The first-order valence-electron chi connectivity index (χ1n) is 10.4. The standard InChI is InChI=1S/C25H31N/c1-3-9-21(10-4-1)11-7-8-14-24(22-15-16-22)25(17-19-26-20-18-25)23-12-5-2-6-13-23/h1-6,9-10,12-13,26H,7-8,11,14-20H2. The SMILES string of the molecule is c1ccc(CCCCC(=C2CC2)C2(c3ccccc3)CCNCC2)cc1. The van der Waals surface area contributed by atoms with Crippen molar-refractivity contribution in [2.75, 3.05) is 13.1 Å². The average Bonchev–Trinajstić information content (AvgIpc) is 3.55. The molecule has 26 heavy (non-hydrogen) atoms. The second-order valence-corrected chi connectivity index (χ2v) is 7.97.